The number of amides is 1. The van der Waals surface area contributed by atoms with E-state index in [1.807, 2.05) is 29.7 Å². The van der Waals surface area contributed by atoms with Crippen molar-refractivity contribution in [3.63, 3.8) is 0 Å². The quantitative estimate of drug-likeness (QED) is 0.515. The van der Waals surface area contributed by atoms with E-state index in [4.69, 9.17) is 5.73 Å². The molecule has 0 saturated carbocycles. The summed E-state index contributed by atoms with van der Waals surface area (Å²) >= 11 is 0. The topological polar surface area (TPSA) is 90.6 Å². The number of aromatic nitrogens is 5. The largest absolute Gasteiger partial charge is 0.364 e. The molecule has 1 amide bonds. The van der Waals surface area contributed by atoms with Gasteiger partial charge in [0.25, 0.3) is 5.91 Å². The Kier molecular flexibility index (Phi) is 3.67. The summed E-state index contributed by atoms with van der Waals surface area (Å²) < 4.78 is 17.2. The van der Waals surface area contributed by atoms with E-state index in [1.165, 1.54) is 12.1 Å². The monoisotopic (exact) mass is 386 g/mol. The van der Waals surface area contributed by atoms with Crippen LogP contribution in [0.2, 0.25) is 0 Å². The molecule has 0 aliphatic rings. The second-order valence-electron chi connectivity index (χ2n) is 6.73. The van der Waals surface area contributed by atoms with Crippen LogP contribution in [0, 0.1) is 12.7 Å². The van der Waals surface area contributed by atoms with Crippen molar-refractivity contribution in [3.05, 3.63) is 78.4 Å². The van der Waals surface area contributed by atoms with Crippen molar-refractivity contribution in [2.45, 2.75) is 6.92 Å². The van der Waals surface area contributed by atoms with Gasteiger partial charge in [0.15, 0.2) is 5.65 Å². The van der Waals surface area contributed by atoms with Gasteiger partial charge in [-0.05, 0) is 43.3 Å². The lowest BCUT2D eigenvalue weighted by atomic mass is 10.0. The van der Waals surface area contributed by atoms with Crippen molar-refractivity contribution in [2.75, 3.05) is 0 Å². The molecule has 0 fully saturated rings. The van der Waals surface area contributed by atoms with Gasteiger partial charge in [0.1, 0.15) is 17.2 Å². The lowest BCUT2D eigenvalue weighted by molar-refractivity contribution is 0.0996. The van der Waals surface area contributed by atoms with E-state index in [0.29, 0.717) is 17.0 Å². The third-order valence-electron chi connectivity index (χ3n) is 4.84. The molecule has 0 saturated heterocycles. The minimum atomic E-state index is -0.621. The molecule has 0 atom stereocenters. The lowest BCUT2D eigenvalue weighted by Gasteiger charge is -2.12. The maximum absolute atomic E-state index is 13.5. The van der Waals surface area contributed by atoms with Gasteiger partial charge in [-0.1, -0.05) is 0 Å². The molecule has 4 heterocycles. The summed E-state index contributed by atoms with van der Waals surface area (Å²) in [5, 5.41) is 0. The maximum Gasteiger partial charge on any atom is 0.268 e. The van der Waals surface area contributed by atoms with Gasteiger partial charge >= 0.3 is 0 Å². The molecular formula is C21H15FN6O. The van der Waals surface area contributed by atoms with Gasteiger partial charge in [-0.25, -0.2) is 14.4 Å². The number of nitrogens with two attached hydrogens (primary N) is 1. The summed E-state index contributed by atoms with van der Waals surface area (Å²) in [5.41, 5.74) is 10.8. The van der Waals surface area contributed by atoms with Crippen LogP contribution in [0.5, 0.6) is 0 Å². The first-order valence-corrected chi connectivity index (χ1v) is 8.89. The zero-order chi connectivity index (χ0) is 20.1. The van der Waals surface area contributed by atoms with Gasteiger partial charge in [0.05, 0.1) is 17.6 Å². The van der Waals surface area contributed by atoms with Crippen molar-refractivity contribution in [2.24, 2.45) is 5.73 Å². The van der Waals surface area contributed by atoms with Crippen molar-refractivity contribution >= 4 is 17.2 Å². The third kappa shape index (κ3) is 2.73. The second-order valence-corrected chi connectivity index (χ2v) is 6.73. The van der Waals surface area contributed by atoms with Crippen molar-refractivity contribution in [1.82, 2.24) is 23.8 Å². The molecular weight excluding hydrogens is 371 g/mol. The lowest BCUT2D eigenvalue weighted by Crippen LogP contribution is -2.10. The van der Waals surface area contributed by atoms with Crippen LogP contribution in [0.3, 0.4) is 0 Å². The van der Waals surface area contributed by atoms with E-state index < -0.39 is 5.91 Å². The van der Waals surface area contributed by atoms with Gasteiger partial charge in [0.2, 0.25) is 0 Å². The molecule has 8 heteroatoms. The SMILES string of the molecule is Cc1cnc2ccc(-c3c(-c4ccc(F)cc4)ncc4nc(C(N)=O)cn34)cn12. The normalized spacial score (nSPS) is 11.4. The van der Waals surface area contributed by atoms with E-state index in [9.17, 15) is 9.18 Å². The number of nitrogens with zero attached hydrogens (tertiary/aromatic N) is 5. The predicted molar refractivity (Wildman–Crippen MR) is 106 cm³/mol. The smallest absolute Gasteiger partial charge is 0.268 e. The molecule has 0 unspecified atom stereocenters. The third-order valence-corrected chi connectivity index (χ3v) is 4.84. The van der Waals surface area contributed by atoms with Crippen LogP contribution in [0.4, 0.5) is 4.39 Å². The van der Waals surface area contributed by atoms with Crippen LogP contribution < -0.4 is 5.73 Å². The van der Waals surface area contributed by atoms with E-state index in [1.54, 1.807) is 35.1 Å². The first-order chi connectivity index (χ1) is 14.0. The molecule has 2 N–H and O–H groups in total. The van der Waals surface area contributed by atoms with Gasteiger partial charge < -0.3 is 10.1 Å². The highest BCUT2D eigenvalue weighted by molar-refractivity contribution is 5.92. The average Bonchev–Trinajstić information content (AvgIpc) is 3.32. The molecule has 1 aromatic carbocycles. The minimum Gasteiger partial charge on any atom is -0.364 e. The maximum atomic E-state index is 13.5. The summed E-state index contributed by atoms with van der Waals surface area (Å²) in [6.07, 6.45) is 6.90. The number of hydrogen-bond acceptors (Lipinski definition) is 4. The number of hydrogen-bond donors (Lipinski definition) is 1. The Labute approximate surface area is 164 Å². The Morgan fingerprint density at radius 2 is 1.69 bits per heavy atom. The van der Waals surface area contributed by atoms with Crippen LogP contribution in [0.15, 0.2) is 61.2 Å². The van der Waals surface area contributed by atoms with Crippen LogP contribution in [0.25, 0.3) is 33.8 Å². The molecule has 142 valence electrons. The Bertz CT molecular complexity index is 1400. The summed E-state index contributed by atoms with van der Waals surface area (Å²) in [5.74, 6) is -0.950. The fourth-order valence-corrected chi connectivity index (χ4v) is 3.42. The van der Waals surface area contributed by atoms with Crippen LogP contribution in [-0.4, -0.2) is 29.7 Å². The molecule has 5 aromatic rings. The minimum absolute atomic E-state index is 0.143. The average molecular weight is 386 g/mol. The molecule has 4 aromatic heterocycles. The number of pyridine rings is 1. The van der Waals surface area contributed by atoms with Crippen molar-refractivity contribution in [3.8, 4) is 22.5 Å². The van der Waals surface area contributed by atoms with Gasteiger partial charge in [-0.15, -0.1) is 0 Å². The number of primary amides is 1. The Hall–Kier alpha value is -4.07. The Balaban J connectivity index is 1.85. The molecule has 5 rings (SSSR count). The van der Waals surface area contributed by atoms with E-state index in [0.717, 1.165) is 22.5 Å². The fourth-order valence-electron chi connectivity index (χ4n) is 3.42. The van der Waals surface area contributed by atoms with Crippen LogP contribution in [-0.2, 0) is 0 Å². The van der Waals surface area contributed by atoms with Crippen LogP contribution >= 0.6 is 0 Å². The number of aryl methyl sites for hydroxylation is 1. The molecule has 0 aliphatic heterocycles. The molecule has 0 spiro atoms. The zero-order valence-electron chi connectivity index (χ0n) is 15.4. The first kappa shape index (κ1) is 17.1. The standard InChI is InChI=1S/C21H15FN6O/c1-12-8-24-17-7-4-14(10-27(12)17)20-19(13-2-5-15(22)6-3-13)25-9-18-26-16(21(23)29)11-28(18)20/h2-11H,1H3,(H2,23,29). The van der Waals surface area contributed by atoms with E-state index in [2.05, 4.69) is 15.0 Å². The molecule has 0 bridgehead atoms. The zero-order valence-corrected chi connectivity index (χ0v) is 15.4. The molecule has 0 radical (unpaired) electrons. The van der Waals surface area contributed by atoms with Gasteiger partial charge in [-0.2, -0.15) is 0 Å². The summed E-state index contributed by atoms with van der Waals surface area (Å²) in [6, 6.07) is 9.93. The highest BCUT2D eigenvalue weighted by atomic mass is 19.1. The second kappa shape index (κ2) is 6.23. The number of benzene rings is 1. The first-order valence-electron chi connectivity index (χ1n) is 8.89. The highest BCUT2D eigenvalue weighted by Crippen LogP contribution is 2.32. The van der Waals surface area contributed by atoms with Crippen molar-refractivity contribution in [1.29, 1.82) is 0 Å². The number of imidazole rings is 2. The van der Waals surface area contributed by atoms with Gasteiger partial charge in [0, 0.05) is 35.4 Å². The van der Waals surface area contributed by atoms with Crippen molar-refractivity contribution < 1.29 is 9.18 Å². The number of fused-ring (bicyclic) bond motifs is 2. The fraction of sp³-hybridized carbons (Fsp3) is 0.0476. The summed E-state index contributed by atoms with van der Waals surface area (Å²) in [7, 11) is 0. The predicted octanol–water partition coefficient (Wildman–Crippen LogP) is 3.26. The Morgan fingerprint density at radius 1 is 0.931 bits per heavy atom. The van der Waals surface area contributed by atoms with Gasteiger partial charge in [-0.3, -0.25) is 14.2 Å². The number of halogens is 1. The molecule has 29 heavy (non-hydrogen) atoms. The Morgan fingerprint density at radius 3 is 2.45 bits per heavy atom. The number of rotatable bonds is 3. The number of carbonyl (C=O) groups is 1. The highest BCUT2D eigenvalue weighted by Gasteiger charge is 2.18. The summed E-state index contributed by atoms with van der Waals surface area (Å²) in [6.45, 7) is 1.96. The molecule has 7 nitrogen and oxygen atoms in total. The summed E-state index contributed by atoms with van der Waals surface area (Å²) in [4.78, 5) is 24.9. The molecule has 0 aliphatic carbocycles. The van der Waals surface area contributed by atoms with E-state index >= 15 is 0 Å². The van der Waals surface area contributed by atoms with Crippen LogP contribution in [0.1, 0.15) is 16.2 Å². The number of carbonyl (C=O) groups excluding carboxylic acids is 1. The van der Waals surface area contributed by atoms with E-state index in [-0.39, 0.29) is 11.5 Å².